The molecule has 1 aliphatic carbocycles. The number of ether oxygens (including phenoxy) is 1. The molecule has 336 valence electrons. The van der Waals surface area contributed by atoms with Gasteiger partial charge in [-0.2, -0.15) is 0 Å². The Morgan fingerprint density at radius 1 is 0.292 bits per heavy atom. The van der Waals surface area contributed by atoms with E-state index in [1.54, 1.807) is 0 Å². The van der Waals surface area contributed by atoms with Gasteiger partial charge in [0.25, 0.3) is 0 Å². The van der Waals surface area contributed by atoms with Gasteiger partial charge in [-0.1, -0.05) is 200 Å². The summed E-state index contributed by atoms with van der Waals surface area (Å²) in [5.74, 6) is 1.85. The van der Waals surface area contributed by atoms with E-state index in [4.69, 9.17) is 4.74 Å². The fourth-order valence-corrected chi connectivity index (χ4v) is 13.1. The second kappa shape index (κ2) is 16.0. The molecule has 12 aromatic carbocycles. The molecule has 1 aromatic heterocycles. The molecule has 0 radical (unpaired) electrons. The summed E-state index contributed by atoms with van der Waals surface area (Å²) < 4.78 is 9.87. The van der Waals surface area contributed by atoms with Crippen molar-refractivity contribution in [1.29, 1.82) is 0 Å². The van der Waals surface area contributed by atoms with Crippen LogP contribution in [0.3, 0.4) is 0 Å². The Bertz CT molecular complexity index is 4220. The summed E-state index contributed by atoms with van der Waals surface area (Å²) >= 11 is 1.86. The number of anilines is 3. The summed E-state index contributed by atoms with van der Waals surface area (Å²) in [5, 5.41) is 7.19. The van der Waals surface area contributed by atoms with Crippen LogP contribution in [0.4, 0.5) is 17.1 Å². The molecule has 1 spiro atoms. The molecule has 0 fully saturated rings. The van der Waals surface area contributed by atoms with Gasteiger partial charge in [0.2, 0.25) is 0 Å². The van der Waals surface area contributed by atoms with Gasteiger partial charge in [-0.25, -0.2) is 0 Å². The fourth-order valence-electron chi connectivity index (χ4n) is 12.0. The van der Waals surface area contributed by atoms with Crippen molar-refractivity contribution in [3.63, 3.8) is 0 Å². The highest BCUT2D eigenvalue weighted by Gasteiger charge is 2.52. The van der Waals surface area contributed by atoms with Crippen molar-refractivity contribution in [2.45, 2.75) is 5.41 Å². The maximum Gasteiger partial charge on any atom is 0.140 e. The Kier molecular flexibility index (Phi) is 9.08. The second-order valence-electron chi connectivity index (χ2n) is 19.1. The molecule has 0 unspecified atom stereocenters. The maximum atomic E-state index is 7.23. The Labute approximate surface area is 421 Å². The van der Waals surface area contributed by atoms with Crippen molar-refractivity contribution in [2.24, 2.45) is 0 Å². The summed E-state index contributed by atoms with van der Waals surface area (Å²) in [6.07, 6.45) is 0. The highest BCUT2D eigenvalue weighted by atomic mass is 32.1. The molecule has 3 heteroatoms. The van der Waals surface area contributed by atoms with E-state index in [-0.39, 0.29) is 0 Å². The van der Waals surface area contributed by atoms with Crippen LogP contribution in [0.5, 0.6) is 11.5 Å². The molecule has 0 amide bonds. The average Bonchev–Trinajstić information content (AvgIpc) is 3.97. The second-order valence-corrected chi connectivity index (χ2v) is 20.2. The minimum Gasteiger partial charge on any atom is -0.455 e. The highest BCUT2D eigenvalue weighted by molar-refractivity contribution is 7.25. The molecule has 0 bridgehead atoms. The van der Waals surface area contributed by atoms with Gasteiger partial charge >= 0.3 is 0 Å². The SMILES string of the molecule is c1ccc(-c2cccc(N(c3ccc(-c4ccc5c(c4)C4(c6ccccc6-5)c5ccc6ccccc6c5Oc5c4ccc4ccccc54)cc3)c3ccc(-c4ccc5sc6ccccc6c5c4)cc3)c2)cc1. The minimum absolute atomic E-state index is 0.616. The first-order valence-electron chi connectivity index (χ1n) is 24.7. The van der Waals surface area contributed by atoms with Gasteiger partial charge in [0.05, 0.1) is 5.41 Å². The predicted molar refractivity (Wildman–Crippen MR) is 303 cm³/mol. The molecule has 0 atom stereocenters. The normalized spacial score (nSPS) is 12.9. The van der Waals surface area contributed by atoms with Crippen LogP contribution in [0.15, 0.2) is 261 Å². The molecule has 13 aromatic rings. The number of thiophene rings is 1. The van der Waals surface area contributed by atoms with Crippen LogP contribution < -0.4 is 9.64 Å². The molecule has 15 rings (SSSR count). The summed E-state index contributed by atoms with van der Waals surface area (Å²) in [7, 11) is 0. The van der Waals surface area contributed by atoms with Gasteiger partial charge < -0.3 is 9.64 Å². The number of rotatable bonds is 6. The third-order valence-corrected chi connectivity index (χ3v) is 16.5. The van der Waals surface area contributed by atoms with Crippen LogP contribution in [0, 0.1) is 0 Å². The Morgan fingerprint density at radius 2 is 0.806 bits per heavy atom. The van der Waals surface area contributed by atoms with E-state index in [0.717, 1.165) is 55.7 Å². The molecule has 1 aliphatic heterocycles. The molecule has 0 saturated heterocycles. The number of nitrogens with zero attached hydrogens (tertiary/aromatic N) is 1. The molecule has 0 saturated carbocycles. The lowest BCUT2D eigenvalue weighted by atomic mass is 9.65. The van der Waals surface area contributed by atoms with Crippen molar-refractivity contribution in [3.05, 3.63) is 283 Å². The zero-order chi connectivity index (χ0) is 47.3. The number of benzene rings is 12. The van der Waals surface area contributed by atoms with Gasteiger partial charge in [0.1, 0.15) is 11.5 Å². The fraction of sp³-hybridized carbons (Fsp3) is 0.0145. The smallest absolute Gasteiger partial charge is 0.140 e. The topological polar surface area (TPSA) is 12.5 Å². The van der Waals surface area contributed by atoms with Crippen LogP contribution in [0.25, 0.3) is 86.2 Å². The van der Waals surface area contributed by atoms with Crippen molar-refractivity contribution in [3.8, 4) is 56.0 Å². The number of hydrogen-bond acceptors (Lipinski definition) is 3. The van der Waals surface area contributed by atoms with E-state index in [1.165, 1.54) is 81.4 Å². The summed E-state index contributed by atoms with van der Waals surface area (Å²) in [5.41, 5.74) is 17.1. The van der Waals surface area contributed by atoms with Gasteiger partial charge in [0.15, 0.2) is 0 Å². The van der Waals surface area contributed by atoms with Crippen LogP contribution in [0.2, 0.25) is 0 Å². The van der Waals surface area contributed by atoms with Crippen molar-refractivity contribution in [1.82, 2.24) is 0 Å². The molecule has 2 aliphatic rings. The Balaban J connectivity index is 0.866. The van der Waals surface area contributed by atoms with E-state index < -0.39 is 5.41 Å². The maximum absolute atomic E-state index is 7.23. The molecular weight excluding hydrogens is 891 g/mol. The van der Waals surface area contributed by atoms with E-state index in [0.29, 0.717) is 0 Å². The van der Waals surface area contributed by atoms with Crippen LogP contribution >= 0.6 is 11.3 Å². The largest absolute Gasteiger partial charge is 0.455 e. The van der Waals surface area contributed by atoms with Crippen molar-refractivity contribution in [2.75, 3.05) is 4.90 Å². The molecular formula is C69H43NOS. The van der Waals surface area contributed by atoms with Gasteiger partial charge in [-0.05, 0) is 127 Å². The summed E-state index contributed by atoms with van der Waals surface area (Å²) in [6.45, 7) is 0. The lowest BCUT2D eigenvalue weighted by Crippen LogP contribution is -2.32. The quantitative estimate of drug-likeness (QED) is 0.165. The third-order valence-electron chi connectivity index (χ3n) is 15.3. The monoisotopic (exact) mass is 933 g/mol. The van der Waals surface area contributed by atoms with Crippen LogP contribution in [0.1, 0.15) is 22.3 Å². The highest BCUT2D eigenvalue weighted by Crippen LogP contribution is 2.64. The summed E-state index contributed by atoms with van der Waals surface area (Å²) in [4.78, 5) is 2.38. The molecule has 72 heavy (non-hydrogen) atoms. The first-order chi connectivity index (χ1) is 35.7. The standard InChI is InChI=1S/C69H43NOS/c1-2-13-44(14-3-1)49-17-12-18-54(41-49)70(52-33-25-45(26-34-52)50-32-40-66-60(42-50)59-22-9-11-24-65(59)72-66)53-35-27-46(28-36-53)51-29-37-58-57-21-8-10-23-61(57)69(64(58)43-51)62-38-30-47-15-4-6-19-55(47)67(62)71-68-56-20-7-5-16-48(56)31-39-63(68)69/h1-43H. The first kappa shape index (κ1) is 40.8. The summed E-state index contributed by atoms with van der Waals surface area (Å²) in [6, 6.07) is 96.0. The Morgan fingerprint density at radius 3 is 1.51 bits per heavy atom. The zero-order valence-electron chi connectivity index (χ0n) is 39.1. The van der Waals surface area contributed by atoms with Crippen molar-refractivity contribution < 1.29 is 4.74 Å². The first-order valence-corrected chi connectivity index (χ1v) is 25.5. The van der Waals surface area contributed by atoms with E-state index >= 15 is 0 Å². The van der Waals surface area contributed by atoms with Crippen LogP contribution in [-0.2, 0) is 5.41 Å². The zero-order valence-corrected chi connectivity index (χ0v) is 39.9. The van der Waals surface area contributed by atoms with E-state index in [9.17, 15) is 0 Å². The minimum atomic E-state index is -0.616. The van der Waals surface area contributed by atoms with E-state index in [2.05, 4.69) is 266 Å². The predicted octanol–water partition coefficient (Wildman–Crippen LogP) is 19.3. The average molecular weight is 934 g/mol. The molecule has 2 heterocycles. The lowest BCUT2D eigenvalue weighted by Gasteiger charge is -2.40. The lowest BCUT2D eigenvalue weighted by molar-refractivity contribution is 0.447. The molecule has 2 nitrogen and oxygen atoms in total. The Hall–Kier alpha value is -9.02. The number of hydrogen-bond donors (Lipinski definition) is 0. The van der Waals surface area contributed by atoms with Gasteiger partial charge in [-0.15, -0.1) is 11.3 Å². The van der Waals surface area contributed by atoms with Gasteiger partial charge in [-0.3, -0.25) is 0 Å². The van der Waals surface area contributed by atoms with Crippen LogP contribution in [-0.4, -0.2) is 0 Å². The van der Waals surface area contributed by atoms with E-state index in [1.807, 2.05) is 11.3 Å². The van der Waals surface area contributed by atoms with Crippen molar-refractivity contribution >= 4 is 70.1 Å². The van der Waals surface area contributed by atoms with Gasteiger partial charge in [0, 0.05) is 59.1 Å². The molecule has 0 N–H and O–H groups in total. The third kappa shape index (κ3) is 6.14. The number of fused-ring (bicyclic) bond motifs is 16.